The summed E-state index contributed by atoms with van der Waals surface area (Å²) in [5, 5.41) is 4.85. The van der Waals surface area contributed by atoms with Crippen molar-refractivity contribution in [2.75, 3.05) is 5.73 Å². The highest BCUT2D eigenvalue weighted by molar-refractivity contribution is 7.15. The van der Waals surface area contributed by atoms with Crippen molar-refractivity contribution in [3.63, 3.8) is 0 Å². The van der Waals surface area contributed by atoms with Gasteiger partial charge in [-0.2, -0.15) is 0 Å². The molecule has 13 heavy (non-hydrogen) atoms. The maximum atomic E-state index is 5.85. The van der Waals surface area contributed by atoms with Crippen LogP contribution in [0.1, 0.15) is 5.01 Å². The number of aromatic nitrogens is 2. The number of aryl methyl sites for hydroxylation is 1. The summed E-state index contributed by atoms with van der Waals surface area (Å²) in [4.78, 5) is 4.91. The topological polar surface area (TPSA) is 64.9 Å². The standard InChI is InChI=1S/C7H6ClN3OS/c1-3-10-2-4(13-3)6-5(8)7(9)11-12-6/h2H,1H3,(H2,9,11). The summed E-state index contributed by atoms with van der Waals surface area (Å²) in [6, 6.07) is 0. The first kappa shape index (κ1) is 8.52. The van der Waals surface area contributed by atoms with Gasteiger partial charge >= 0.3 is 0 Å². The molecule has 0 atom stereocenters. The van der Waals surface area contributed by atoms with Gasteiger partial charge in [0.25, 0.3) is 0 Å². The third-order valence-electron chi connectivity index (χ3n) is 1.50. The average molecular weight is 216 g/mol. The van der Waals surface area contributed by atoms with Crippen molar-refractivity contribution in [2.45, 2.75) is 6.92 Å². The van der Waals surface area contributed by atoms with Crippen molar-refractivity contribution in [3.05, 3.63) is 16.2 Å². The van der Waals surface area contributed by atoms with E-state index < -0.39 is 0 Å². The fraction of sp³-hybridized carbons (Fsp3) is 0.143. The largest absolute Gasteiger partial charge is 0.380 e. The van der Waals surface area contributed by atoms with E-state index in [0.717, 1.165) is 9.88 Å². The number of hydrogen-bond donors (Lipinski definition) is 1. The lowest BCUT2D eigenvalue weighted by atomic mass is 10.4. The molecule has 0 saturated heterocycles. The third-order valence-corrected chi connectivity index (χ3v) is 2.78. The molecule has 0 radical (unpaired) electrons. The molecule has 2 heterocycles. The van der Waals surface area contributed by atoms with Gasteiger partial charge in [-0.05, 0) is 6.92 Å². The van der Waals surface area contributed by atoms with Crippen LogP contribution < -0.4 is 5.73 Å². The number of halogens is 1. The molecule has 2 N–H and O–H groups in total. The van der Waals surface area contributed by atoms with Gasteiger partial charge in [-0.3, -0.25) is 0 Å². The number of nitrogen functional groups attached to an aromatic ring is 1. The summed E-state index contributed by atoms with van der Waals surface area (Å²) in [6.45, 7) is 1.90. The second-order valence-corrected chi connectivity index (χ2v) is 4.07. The van der Waals surface area contributed by atoms with Crippen LogP contribution in [0.2, 0.25) is 5.02 Å². The van der Waals surface area contributed by atoms with Gasteiger partial charge in [0.2, 0.25) is 0 Å². The van der Waals surface area contributed by atoms with E-state index in [4.69, 9.17) is 21.9 Å². The lowest BCUT2D eigenvalue weighted by Crippen LogP contribution is -1.82. The van der Waals surface area contributed by atoms with Gasteiger partial charge in [0.05, 0.1) is 9.88 Å². The summed E-state index contributed by atoms with van der Waals surface area (Å²) < 4.78 is 4.96. The first-order valence-electron chi connectivity index (χ1n) is 3.52. The molecule has 2 aromatic rings. The van der Waals surface area contributed by atoms with Gasteiger partial charge < -0.3 is 10.3 Å². The highest BCUT2D eigenvalue weighted by Crippen LogP contribution is 2.34. The average Bonchev–Trinajstić information content (AvgIpc) is 2.62. The van der Waals surface area contributed by atoms with Crippen molar-refractivity contribution in [1.29, 1.82) is 0 Å². The highest BCUT2D eigenvalue weighted by Gasteiger charge is 2.15. The fourth-order valence-corrected chi connectivity index (χ4v) is 1.90. The summed E-state index contributed by atoms with van der Waals surface area (Å²) in [5.74, 6) is 0.701. The minimum Gasteiger partial charge on any atom is -0.380 e. The molecular weight excluding hydrogens is 210 g/mol. The maximum Gasteiger partial charge on any atom is 0.199 e. The fourth-order valence-electron chi connectivity index (χ4n) is 0.911. The lowest BCUT2D eigenvalue weighted by Gasteiger charge is -1.86. The van der Waals surface area contributed by atoms with Crippen LogP contribution >= 0.6 is 22.9 Å². The van der Waals surface area contributed by atoms with E-state index in [0.29, 0.717) is 10.8 Å². The smallest absolute Gasteiger partial charge is 0.199 e. The van der Waals surface area contributed by atoms with E-state index in [-0.39, 0.29) is 5.82 Å². The normalized spacial score (nSPS) is 10.6. The predicted molar refractivity (Wildman–Crippen MR) is 51.8 cm³/mol. The van der Waals surface area contributed by atoms with E-state index >= 15 is 0 Å². The Bertz CT molecular complexity index is 437. The van der Waals surface area contributed by atoms with Crippen molar-refractivity contribution < 1.29 is 4.52 Å². The molecular formula is C7H6ClN3OS. The molecule has 0 bridgehead atoms. The molecule has 0 aliphatic carbocycles. The Balaban J connectivity index is 2.52. The Morgan fingerprint density at radius 3 is 2.85 bits per heavy atom. The molecule has 0 aliphatic heterocycles. The van der Waals surface area contributed by atoms with E-state index in [1.807, 2.05) is 6.92 Å². The number of anilines is 1. The van der Waals surface area contributed by atoms with Crippen LogP contribution in [0.5, 0.6) is 0 Å². The summed E-state index contributed by atoms with van der Waals surface area (Å²) >= 11 is 7.33. The zero-order chi connectivity index (χ0) is 9.42. The Morgan fingerprint density at radius 1 is 1.62 bits per heavy atom. The summed E-state index contributed by atoms with van der Waals surface area (Å²) in [5.41, 5.74) is 5.43. The molecule has 2 rings (SSSR count). The first-order valence-corrected chi connectivity index (χ1v) is 4.71. The monoisotopic (exact) mass is 215 g/mol. The van der Waals surface area contributed by atoms with Crippen LogP contribution in [0.15, 0.2) is 10.7 Å². The molecule has 0 amide bonds. The number of hydrogen-bond acceptors (Lipinski definition) is 5. The molecule has 0 aromatic carbocycles. The van der Waals surface area contributed by atoms with Crippen molar-refractivity contribution >= 4 is 28.8 Å². The molecule has 0 fully saturated rings. The van der Waals surface area contributed by atoms with Gasteiger partial charge in [-0.15, -0.1) is 11.3 Å². The minimum absolute atomic E-state index is 0.211. The molecule has 6 heteroatoms. The van der Waals surface area contributed by atoms with Gasteiger partial charge in [-0.1, -0.05) is 16.8 Å². The van der Waals surface area contributed by atoms with Crippen LogP contribution in [0.4, 0.5) is 5.82 Å². The maximum absolute atomic E-state index is 5.85. The molecule has 0 saturated carbocycles. The molecule has 4 nitrogen and oxygen atoms in total. The molecule has 0 spiro atoms. The Hall–Kier alpha value is -1.07. The first-order chi connectivity index (χ1) is 6.18. The van der Waals surface area contributed by atoms with Gasteiger partial charge in [0.1, 0.15) is 5.02 Å². The van der Waals surface area contributed by atoms with E-state index in [2.05, 4.69) is 10.1 Å². The molecule has 0 unspecified atom stereocenters. The molecule has 2 aromatic heterocycles. The van der Waals surface area contributed by atoms with Crippen LogP contribution in [-0.4, -0.2) is 10.1 Å². The SMILES string of the molecule is Cc1ncc(-c2onc(N)c2Cl)s1. The number of nitrogens with zero attached hydrogens (tertiary/aromatic N) is 2. The van der Waals surface area contributed by atoms with Crippen molar-refractivity contribution in [3.8, 4) is 10.6 Å². The van der Waals surface area contributed by atoms with Crippen LogP contribution in [-0.2, 0) is 0 Å². The highest BCUT2D eigenvalue weighted by atomic mass is 35.5. The minimum atomic E-state index is 0.211. The number of rotatable bonds is 1. The van der Waals surface area contributed by atoms with Gasteiger partial charge in [0.15, 0.2) is 11.6 Å². The zero-order valence-electron chi connectivity index (χ0n) is 6.74. The Labute approximate surface area is 83.3 Å². The lowest BCUT2D eigenvalue weighted by molar-refractivity contribution is 0.436. The number of thiazole rings is 1. The van der Waals surface area contributed by atoms with Gasteiger partial charge in [-0.25, -0.2) is 4.98 Å². The van der Waals surface area contributed by atoms with E-state index in [1.54, 1.807) is 6.20 Å². The summed E-state index contributed by atoms with van der Waals surface area (Å²) in [6.07, 6.45) is 1.69. The van der Waals surface area contributed by atoms with Crippen LogP contribution in [0, 0.1) is 6.92 Å². The second-order valence-electron chi connectivity index (χ2n) is 2.45. The van der Waals surface area contributed by atoms with Crippen LogP contribution in [0.25, 0.3) is 10.6 Å². The van der Waals surface area contributed by atoms with Crippen LogP contribution in [0.3, 0.4) is 0 Å². The Morgan fingerprint density at radius 2 is 2.38 bits per heavy atom. The van der Waals surface area contributed by atoms with E-state index in [1.165, 1.54) is 11.3 Å². The van der Waals surface area contributed by atoms with Crippen molar-refractivity contribution in [1.82, 2.24) is 10.1 Å². The zero-order valence-corrected chi connectivity index (χ0v) is 8.32. The van der Waals surface area contributed by atoms with Gasteiger partial charge in [0, 0.05) is 6.20 Å². The Kier molecular flexibility index (Phi) is 1.97. The number of nitrogens with two attached hydrogens (primary N) is 1. The second kappa shape index (κ2) is 3.01. The molecule has 0 aliphatic rings. The third kappa shape index (κ3) is 1.40. The van der Waals surface area contributed by atoms with Crippen molar-refractivity contribution in [2.24, 2.45) is 0 Å². The molecule has 68 valence electrons. The quantitative estimate of drug-likeness (QED) is 0.793. The predicted octanol–water partition coefficient (Wildman–Crippen LogP) is 2.34. The van der Waals surface area contributed by atoms with E-state index in [9.17, 15) is 0 Å². The summed E-state index contributed by atoms with van der Waals surface area (Å²) in [7, 11) is 0.